The van der Waals surface area contributed by atoms with Crippen molar-refractivity contribution in [3.8, 4) is 5.75 Å². The number of rotatable bonds is 3. The summed E-state index contributed by atoms with van der Waals surface area (Å²) in [6.45, 7) is 1.18. The minimum atomic E-state index is -0.505. The molecule has 1 atom stereocenters. The number of hydrogen-bond donors (Lipinski definition) is 2. The molecule has 1 aromatic carbocycles. The summed E-state index contributed by atoms with van der Waals surface area (Å²) in [6.07, 6.45) is 1.76. The highest BCUT2D eigenvalue weighted by molar-refractivity contribution is 5.89. The number of aliphatic hydroxyl groups excluding tert-OH is 1. The van der Waals surface area contributed by atoms with Gasteiger partial charge in [-0.3, -0.25) is 0 Å². The second-order valence-electron chi connectivity index (χ2n) is 4.91. The molecule has 6 heteroatoms. The summed E-state index contributed by atoms with van der Waals surface area (Å²) in [7, 11) is 1.48. The number of benzene rings is 1. The summed E-state index contributed by atoms with van der Waals surface area (Å²) < 4.78 is 18.7. The van der Waals surface area contributed by atoms with Gasteiger partial charge < -0.3 is 20.1 Å². The number of carbonyl (C=O) groups excluding carboxylic acids is 1. The molecule has 1 saturated heterocycles. The molecule has 5 nitrogen and oxygen atoms in total. The average molecular weight is 282 g/mol. The number of anilines is 1. The summed E-state index contributed by atoms with van der Waals surface area (Å²) in [4.78, 5) is 13.7. The lowest BCUT2D eigenvalue weighted by Gasteiger charge is -2.31. The molecule has 110 valence electrons. The van der Waals surface area contributed by atoms with Crippen molar-refractivity contribution in [2.24, 2.45) is 5.92 Å². The summed E-state index contributed by atoms with van der Waals surface area (Å²) in [5.74, 6) is 0.0769. The van der Waals surface area contributed by atoms with Crippen LogP contribution in [0.4, 0.5) is 14.9 Å². The van der Waals surface area contributed by atoms with E-state index in [1.807, 2.05) is 0 Å². The number of halogens is 1. The fourth-order valence-corrected chi connectivity index (χ4v) is 2.32. The standard InChI is InChI=1S/C14H19FN2O3/c1-20-11-4-5-12(15)13(7-11)16-14(19)17-6-2-3-10(8-17)9-18/h4-5,7,10,18H,2-3,6,8-9H2,1H3,(H,16,19). The van der Waals surface area contributed by atoms with Crippen LogP contribution in [-0.4, -0.2) is 42.8 Å². The number of ether oxygens (including phenoxy) is 1. The third-order valence-electron chi connectivity index (χ3n) is 3.48. The van der Waals surface area contributed by atoms with Gasteiger partial charge >= 0.3 is 6.03 Å². The zero-order valence-corrected chi connectivity index (χ0v) is 11.4. The van der Waals surface area contributed by atoms with Crippen LogP contribution in [-0.2, 0) is 0 Å². The number of hydrogen-bond acceptors (Lipinski definition) is 3. The summed E-state index contributed by atoms with van der Waals surface area (Å²) in [5.41, 5.74) is 0.0977. The number of amides is 2. The van der Waals surface area contributed by atoms with Gasteiger partial charge in [-0.05, 0) is 30.9 Å². The van der Waals surface area contributed by atoms with E-state index in [1.54, 1.807) is 4.90 Å². The van der Waals surface area contributed by atoms with E-state index in [9.17, 15) is 9.18 Å². The maximum atomic E-state index is 13.6. The zero-order valence-electron chi connectivity index (χ0n) is 11.4. The van der Waals surface area contributed by atoms with Crippen molar-refractivity contribution in [1.29, 1.82) is 0 Å². The second-order valence-corrected chi connectivity index (χ2v) is 4.91. The minimum Gasteiger partial charge on any atom is -0.497 e. The number of likely N-dealkylation sites (tertiary alicyclic amines) is 1. The highest BCUT2D eigenvalue weighted by atomic mass is 19.1. The van der Waals surface area contributed by atoms with Crippen LogP contribution in [0.25, 0.3) is 0 Å². The highest BCUT2D eigenvalue weighted by Gasteiger charge is 2.23. The molecule has 1 aliphatic heterocycles. The molecule has 1 fully saturated rings. The molecule has 1 aromatic rings. The lowest BCUT2D eigenvalue weighted by molar-refractivity contribution is 0.136. The smallest absolute Gasteiger partial charge is 0.321 e. The number of carbonyl (C=O) groups is 1. The second kappa shape index (κ2) is 6.56. The maximum Gasteiger partial charge on any atom is 0.321 e. The van der Waals surface area contributed by atoms with Crippen molar-refractivity contribution >= 4 is 11.7 Å². The summed E-state index contributed by atoms with van der Waals surface area (Å²) in [5, 5.41) is 11.7. The molecule has 0 aliphatic carbocycles. The largest absolute Gasteiger partial charge is 0.497 e. The molecule has 0 bridgehead atoms. The Hall–Kier alpha value is -1.82. The average Bonchev–Trinajstić information content (AvgIpc) is 2.49. The molecule has 20 heavy (non-hydrogen) atoms. The van der Waals surface area contributed by atoms with Crippen molar-refractivity contribution in [3.63, 3.8) is 0 Å². The van der Waals surface area contributed by atoms with Gasteiger partial charge in [-0.1, -0.05) is 0 Å². The Labute approximate surface area is 117 Å². The van der Waals surface area contributed by atoms with Gasteiger partial charge in [0.25, 0.3) is 0 Å². The van der Waals surface area contributed by atoms with Crippen molar-refractivity contribution in [2.75, 3.05) is 32.1 Å². The van der Waals surface area contributed by atoms with Gasteiger partial charge in [0.05, 0.1) is 12.8 Å². The molecule has 0 saturated carbocycles. The number of aliphatic hydroxyl groups is 1. The Kier molecular flexibility index (Phi) is 4.79. The molecular weight excluding hydrogens is 263 g/mol. The van der Waals surface area contributed by atoms with E-state index in [0.29, 0.717) is 18.8 Å². The van der Waals surface area contributed by atoms with E-state index in [-0.39, 0.29) is 24.2 Å². The van der Waals surface area contributed by atoms with Gasteiger partial charge in [0, 0.05) is 25.8 Å². The van der Waals surface area contributed by atoms with E-state index in [0.717, 1.165) is 12.8 Å². The van der Waals surface area contributed by atoms with Crippen molar-refractivity contribution in [2.45, 2.75) is 12.8 Å². The number of piperidine rings is 1. The number of urea groups is 1. The van der Waals surface area contributed by atoms with Crippen molar-refractivity contribution in [1.82, 2.24) is 4.90 Å². The van der Waals surface area contributed by atoms with Crippen LogP contribution in [0.5, 0.6) is 5.75 Å². The lowest BCUT2D eigenvalue weighted by Crippen LogP contribution is -2.43. The quantitative estimate of drug-likeness (QED) is 0.892. The monoisotopic (exact) mass is 282 g/mol. The molecule has 1 heterocycles. The van der Waals surface area contributed by atoms with E-state index in [1.165, 1.54) is 25.3 Å². The fourth-order valence-electron chi connectivity index (χ4n) is 2.32. The Bertz CT molecular complexity index is 481. The van der Waals surface area contributed by atoms with Crippen LogP contribution in [0, 0.1) is 11.7 Å². The van der Waals surface area contributed by atoms with Gasteiger partial charge in [-0.2, -0.15) is 0 Å². The first-order valence-electron chi connectivity index (χ1n) is 6.64. The highest BCUT2D eigenvalue weighted by Crippen LogP contribution is 2.22. The van der Waals surface area contributed by atoms with E-state index in [4.69, 9.17) is 9.84 Å². The Morgan fingerprint density at radius 3 is 3.10 bits per heavy atom. The molecule has 2 rings (SSSR count). The Balaban J connectivity index is 2.03. The maximum absolute atomic E-state index is 13.6. The molecule has 1 unspecified atom stereocenters. The SMILES string of the molecule is COc1ccc(F)c(NC(=O)N2CCCC(CO)C2)c1. The minimum absolute atomic E-state index is 0.0668. The topological polar surface area (TPSA) is 61.8 Å². The van der Waals surface area contributed by atoms with Crippen LogP contribution in [0.2, 0.25) is 0 Å². The molecule has 1 aliphatic rings. The first-order valence-corrected chi connectivity index (χ1v) is 6.64. The van der Waals surface area contributed by atoms with Gasteiger partial charge in [0.1, 0.15) is 11.6 Å². The van der Waals surface area contributed by atoms with Crippen LogP contribution in [0.1, 0.15) is 12.8 Å². The van der Waals surface area contributed by atoms with E-state index < -0.39 is 5.82 Å². The van der Waals surface area contributed by atoms with Gasteiger partial charge in [0.15, 0.2) is 0 Å². The lowest BCUT2D eigenvalue weighted by atomic mass is 9.99. The van der Waals surface area contributed by atoms with Crippen LogP contribution >= 0.6 is 0 Å². The predicted molar refractivity (Wildman–Crippen MR) is 73.4 cm³/mol. The van der Waals surface area contributed by atoms with Gasteiger partial charge in [-0.15, -0.1) is 0 Å². The number of methoxy groups -OCH3 is 1. The first-order chi connectivity index (χ1) is 9.63. The van der Waals surface area contributed by atoms with Crippen molar-refractivity contribution < 1.29 is 19.0 Å². The first kappa shape index (κ1) is 14.6. The summed E-state index contributed by atoms with van der Waals surface area (Å²) >= 11 is 0. The van der Waals surface area contributed by atoms with Gasteiger partial charge in [0.2, 0.25) is 0 Å². The fraction of sp³-hybridized carbons (Fsp3) is 0.500. The predicted octanol–water partition coefficient (Wildman–Crippen LogP) is 2.07. The molecule has 0 aromatic heterocycles. The number of nitrogens with zero attached hydrogens (tertiary/aromatic N) is 1. The molecule has 0 spiro atoms. The summed E-state index contributed by atoms with van der Waals surface area (Å²) in [6, 6.07) is 3.84. The van der Waals surface area contributed by atoms with Crippen LogP contribution in [0.3, 0.4) is 0 Å². The Morgan fingerprint density at radius 1 is 1.60 bits per heavy atom. The third-order valence-corrected chi connectivity index (χ3v) is 3.48. The zero-order chi connectivity index (χ0) is 14.5. The third kappa shape index (κ3) is 3.39. The van der Waals surface area contributed by atoms with Crippen molar-refractivity contribution in [3.05, 3.63) is 24.0 Å². The normalized spacial score (nSPS) is 18.8. The molecular formula is C14H19FN2O3. The van der Waals surface area contributed by atoms with E-state index in [2.05, 4.69) is 5.32 Å². The molecule has 2 amide bonds. The van der Waals surface area contributed by atoms with Gasteiger partial charge in [-0.25, -0.2) is 9.18 Å². The van der Waals surface area contributed by atoms with E-state index >= 15 is 0 Å². The van der Waals surface area contributed by atoms with Crippen LogP contribution in [0.15, 0.2) is 18.2 Å². The Morgan fingerprint density at radius 2 is 2.40 bits per heavy atom. The molecule has 2 N–H and O–H groups in total. The number of nitrogens with one attached hydrogen (secondary N) is 1. The molecule has 0 radical (unpaired) electrons. The van der Waals surface area contributed by atoms with Crippen LogP contribution < -0.4 is 10.1 Å².